The standard InChI is InChI=1S/C10H21F2NO/c1-5-6-13-8(9(11)12)7-10(2,3)14-4/h8-9,13H,5-7H2,1-4H3. The molecule has 0 fully saturated rings. The van der Waals surface area contributed by atoms with Gasteiger partial charge in [-0.25, -0.2) is 8.78 Å². The van der Waals surface area contributed by atoms with Gasteiger partial charge in [-0.1, -0.05) is 6.92 Å². The Hall–Kier alpha value is -0.220. The van der Waals surface area contributed by atoms with Crippen LogP contribution in [0.3, 0.4) is 0 Å². The van der Waals surface area contributed by atoms with Crippen LogP contribution in [0.15, 0.2) is 0 Å². The molecule has 0 amide bonds. The molecule has 0 radical (unpaired) electrons. The highest BCUT2D eigenvalue weighted by atomic mass is 19.3. The predicted octanol–water partition coefficient (Wildman–Crippen LogP) is 2.43. The van der Waals surface area contributed by atoms with E-state index in [4.69, 9.17) is 4.74 Å². The lowest BCUT2D eigenvalue weighted by Crippen LogP contribution is -2.42. The zero-order valence-electron chi connectivity index (χ0n) is 9.44. The van der Waals surface area contributed by atoms with Crippen molar-refractivity contribution in [3.05, 3.63) is 0 Å². The lowest BCUT2D eigenvalue weighted by atomic mass is 9.99. The molecule has 14 heavy (non-hydrogen) atoms. The number of ether oxygens (including phenoxy) is 1. The minimum absolute atomic E-state index is 0.321. The van der Waals surface area contributed by atoms with Crippen molar-refractivity contribution in [3.63, 3.8) is 0 Å². The largest absolute Gasteiger partial charge is 0.379 e. The minimum atomic E-state index is -2.34. The summed E-state index contributed by atoms with van der Waals surface area (Å²) >= 11 is 0. The summed E-state index contributed by atoms with van der Waals surface area (Å²) < 4.78 is 30.3. The Labute approximate surface area is 85.0 Å². The molecule has 0 aromatic rings. The van der Waals surface area contributed by atoms with Gasteiger partial charge in [0.25, 0.3) is 6.43 Å². The van der Waals surface area contributed by atoms with Crippen LogP contribution in [0, 0.1) is 0 Å². The molecule has 1 atom stereocenters. The van der Waals surface area contributed by atoms with Crippen molar-refractivity contribution in [3.8, 4) is 0 Å². The highest BCUT2D eigenvalue weighted by Crippen LogP contribution is 2.19. The predicted molar refractivity (Wildman–Crippen MR) is 53.8 cm³/mol. The van der Waals surface area contributed by atoms with E-state index in [-0.39, 0.29) is 0 Å². The van der Waals surface area contributed by atoms with Crippen LogP contribution >= 0.6 is 0 Å². The van der Waals surface area contributed by atoms with Crippen LogP contribution in [0.2, 0.25) is 0 Å². The molecule has 4 heteroatoms. The molecule has 0 aliphatic heterocycles. The second-order valence-electron chi connectivity index (χ2n) is 4.06. The summed E-state index contributed by atoms with van der Waals surface area (Å²) in [6.07, 6.45) is -1.16. The number of rotatable bonds is 7. The highest BCUT2D eigenvalue weighted by molar-refractivity contribution is 4.79. The van der Waals surface area contributed by atoms with Crippen LogP contribution < -0.4 is 5.32 Å². The Morgan fingerprint density at radius 3 is 2.29 bits per heavy atom. The lowest BCUT2D eigenvalue weighted by molar-refractivity contribution is -0.0164. The first-order valence-corrected chi connectivity index (χ1v) is 4.99. The van der Waals surface area contributed by atoms with Gasteiger partial charge in [0, 0.05) is 7.11 Å². The third kappa shape index (κ3) is 5.50. The molecule has 0 aromatic carbocycles. The molecule has 1 unspecified atom stereocenters. The molecule has 0 rings (SSSR count). The van der Waals surface area contributed by atoms with Crippen LogP contribution in [0.5, 0.6) is 0 Å². The van der Waals surface area contributed by atoms with Gasteiger partial charge >= 0.3 is 0 Å². The molecule has 1 N–H and O–H groups in total. The van der Waals surface area contributed by atoms with Crippen LogP contribution in [0.25, 0.3) is 0 Å². The Kier molecular flexibility index (Phi) is 6.20. The molecule has 0 aliphatic rings. The molecule has 0 saturated carbocycles. The Morgan fingerprint density at radius 2 is 1.93 bits per heavy atom. The van der Waals surface area contributed by atoms with Crippen molar-refractivity contribution in [2.45, 2.75) is 51.7 Å². The molecular formula is C10H21F2NO. The second kappa shape index (κ2) is 6.30. The fourth-order valence-electron chi connectivity index (χ4n) is 1.19. The maximum absolute atomic E-state index is 12.6. The third-order valence-electron chi connectivity index (χ3n) is 2.22. The quantitative estimate of drug-likeness (QED) is 0.695. The third-order valence-corrected chi connectivity index (χ3v) is 2.22. The number of methoxy groups -OCH3 is 1. The summed E-state index contributed by atoms with van der Waals surface area (Å²) in [6.45, 7) is 6.21. The van der Waals surface area contributed by atoms with E-state index in [1.165, 1.54) is 0 Å². The number of halogens is 2. The van der Waals surface area contributed by atoms with Crippen molar-refractivity contribution >= 4 is 0 Å². The average Bonchev–Trinajstić information content (AvgIpc) is 2.12. The monoisotopic (exact) mass is 209 g/mol. The molecular weight excluding hydrogens is 188 g/mol. The number of alkyl halides is 2. The first-order chi connectivity index (χ1) is 6.43. The molecule has 86 valence electrons. The van der Waals surface area contributed by atoms with Gasteiger partial charge in [-0.2, -0.15) is 0 Å². The molecule has 0 aromatic heterocycles. The van der Waals surface area contributed by atoms with Gasteiger partial charge < -0.3 is 10.1 Å². The van der Waals surface area contributed by atoms with Crippen molar-refractivity contribution < 1.29 is 13.5 Å². The fraction of sp³-hybridized carbons (Fsp3) is 1.00. The maximum Gasteiger partial charge on any atom is 0.253 e. The van der Waals surface area contributed by atoms with E-state index in [0.29, 0.717) is 13.0 Å². The topological polar surface area (TPSA) is 21.3 Å². The first-order valence-electron chi connectivity index (χ1n) is 4.99. The average molecular weight is 209 g/mol. The smallest absolute Gasteiger partial charge is 0.253 e. The Bertz CT molecular complexity index is 151. The number of hydrogen-bond donors (Lipinski definition) is 1. The molecule has 0 aliphatic carbocycles. The lowest BCUT2D eigenvalue weighted by Gasteiger charge is -2.28. The van der Waals surface area contributed by atoms with E-state index in [2.05, 4.69) is 5.32 Å². The maximum atomic E-state index is 12.6. The Morgan fingerprint density at radius 1 is 1.36 bits per heavy atom. The highest BCUT2D eigenvalue weighted by Gasteiger charge is 2.28. The van der Waals surface area contributed by atoms with Gasteiger partial charge in [-0.15, -0.1) is 0 Å². The van der Waals surface area contributed by atoms with Crippen LogP contribution in [0.1, 0.15) is 33.6 Å². The Balaban J connectivity index is 4.08. The molecule has 0 bridgehead atoms. The summed E-state index contributed by atoms with van der Waals surface area (Å²) in [5.41, 5.74) is -0.498. The summed E-state index contributed by atoms with van der Waals surface area (Å²) in [5.74, 6) is 0. The van der Waals surface area contributed by atoms with E-state index in [0.717, 1.165) is 6.42 Å². The summed E-state index contributed by atoms with van der Waals surface area (Å²) in [6, 6.07) is -0.773. The van der Waals surface area contributed by atoms with Crippen molar-refractivity contribution in [1.82, 2.24) is 5.32 Å². The van der Waals surface area contributed by atoms with Crippen LogP contribution in [-0.4, -0.2) is 31.7 Å². The van der Waals surface area contributed by atoms with Crippen LogP contribution in [-0.2, 0) is 4.74 Å². The first kappa shape index (κ1) is 13.8. The van der Waals surface area contributed by atoms with Crippen LogP contribution in [0.4, 0.5) is 8.78 Å². The summed E-state index contributed by atoms with van der Waals surface area (Å²) in [7, 11) is 1.54. The van der Waals surface area contributed by atoms with Gasteiger partial charge in [0.15, 0.2) is 0 Å². The van der Waals surface area contributed by atoms with E-state index < -0.39 is 18.1 Å². The van der Waals surface area contributed by atoms with Crippen molar-refractivity contribution in [2.75, 3.05) is 13.7 Å². The number of hydrogen-bond acceptors (Lipinski definition) is 2. The van der Waals surface area contributed by atoms with E-state index in [9.17, 15) is 8.78 Å². The summed E-state index contributed by atoms with van der Waals surface area (Å²) in [5, 5.41) is 2.83. The van der Waals surface area contributed by atoms with Crippen molar-refractivity contribution in [2.24, 2.45) is 0 Å². The van der Waals surface area contributed by atoms with Gasteiger partial charge in [0.2, 0.25) is 0 Å². The minimum Gasteiger partial charge on any atom is -0.379 e. The molecule has 0 spiro atoms. The second-order valence-corrected chi connectivity index (χ2v) is 4.06. The number of nitrogens with one attached hydrogen (secondary N) is 1. The fourth-order valence-corrected chi connectivity index (χ4v) is 1.19. The SMILES string of the molecule is CCCNC(CC(C)(C)OC)C(F)F. The van der Waals surface area contributed by atoms with Crippen molar-refractivity contribution in [1.29, 1.82) is 0 Å². The normalized spacial score (nSPS) is 14.8. The van der Waals surface area contributed by atoms with Gasteiger partial charge in [-0.05, 0) is 33.2 Å². The van der Waals surface area contributed by atoms with Gasteiger partial charge in [-0.3, -0.25) is 0 Å². The van der Waals surface area contributed by atoms with E-state index >= 15 is 0 Å². The summed E-state index contributed by atoms with van der Waals surface area (Å²) in [4.78, 5) is 0. The zero-order chi connectivity index (χ0) is 11.2. The van der Waals surface area contributed by atoms with Gasteiger partial charge in [0.1, 0.15) is 0 Å². The zero-order valence-corrected chi connectivity index (χ0v) is 9.44. The molecule has 0 saturated heterocycles. The van der Waals surface area contributed by atoms with E-state index in [1.54, 1.807) is 7.11 Å². The molecule has 2 nitrogen and oxygen atoms in total. The molecule has 0 heterocycles. The van der Waals surface area contributed by atoms with Gasteiger partial charge in [0.05, 0.1) is 11.6 Å². The van der Waals surface area contributed by atoms with E-state index in [1.807, 2.05) is 20.8 Å².